The minimum atomic E-state index is -3.22. The van der Waals surface area contributed by atoms with Gasteiger partial charge in [-0.15, -0.1) is 0 Å². The molecule has 0 radical (unpaired) electrons. The summed E-state index contributed by atoms with van der Waals surface area (Å²) in [6.07, 6.45) is 2.04. The number of nitrogens with one attached hydrogen (secondary N) is 1. The van der Waals surface area contributed by atoms with Gasteiger partial charge >= 0.3 is 0 Å². The standard InChI is InChI=1S/C26H26N2O3S/c1-3-32(30,31)24-11-8-20(9-12-24)17-27-26(29)23-10-13-25-22(16-23)14-15-28(25)18-21-6-4-19(2)5-7-21/h4-16H,3,17-18H2,1-2H3,(H,27,29). The first-order valence-electron chi connectivity index (χ1n) is 10.6. The van der Waals surface area contributed by atoms with E-state index in [2.05, 4.69) is 41.1 Å². The first-order chi connectivity index (χ1) is 15.4. The first kappa shape index (κ1) is 21.8. The van der Waals surface area contributed by atoms with Gasteiger partial charge in [0.15, 0.2) is 9.84 Å². The molecule has 0 aliphatic heterocycles. The summed E-state index contributed by atoms with van der Waals surface area (Å²) in [5.74, 6) is -0.0957. The van der Waals surface area contributed by atoms with Crippen molar-refractivity contribution in [1.29, 1.82) is 0 Å². The van der Waals surface area contributed by atoms with Crippen molar-refractivity contribution in [3.8, 4) is 0 Å². The summed E-state index contributed by atoms with van der Waals surface area (Å²) in [6, 6.07) is 22.9. The molecule has 0 aliphatic carbocycles. The maximum Gasteiger partial charge on any atom is 0.251 e. The van der Waals surface area contributed by atoms with Crippen LogP contribution in [0.25, 0.3) is 10.9 Å². The maximum absolute atomic E-state index is 12.7. The molecule has 0 spiro atoms. The Labute approximate surface area is 188 Å². The average Bonchev–Trinajstić information content (AvgIpc) is 3.21. The molecule has 0 atom stereocenters. The van der Waals surface area contributed by atoms with Crippen molar-refractivity contribution in [3.05, 3.63) is 101 Å². The van der Waals surface area contributed by atoms with Crippen LogP contribution in [0.1, 0.15) is 34.0 Å². The van der Waals surface area contributed by atoms with E-state index in [1.807, 2.05) is 30.5 Å². The fraction of sp³-hybridized carbons (Fsp3) is 0.192. The molecule has 1 aromatic heterocycles. The van der Waals surface area contributed by atoms with Crippen LogP contribution in [-0.2, 0) is 22.9 Å². The van der Waals surface area contributed by atoms with Crippen molar-refractivity contribution in [1.82, 2.24) is 9.88 Å². The third-order valence-electron chi connectivity index (χ3n) is 5.62. The second kappa shape index (κ2) is 9.01. The molecule has 4 aromatic rings. The Morgan fingerprint density at radius 1 is 0.906 bits per heavy atom. The first-order valence-corrected chi connectivity index (χ1v) is 12.3. The lowest BCUT2D eigenvalue weighted by Crippen LogP contribution is -2.22. The highest BCUT2D eigenvalue weighted by Crippen LogP contribution is 2.20. The van der Waals surface area contributed by atoms with Gasteiger partial charge in [0, 0.05) is 35.8 Å². The number of nitrogens with zero attached hydrogens (tertiary/aromatic N) is 1. The highest BCUT2D eigenvalue weighted by molar-refractivity contribution is 7.91. The molecule has 0 fully saturated rings. The number of sulfone groups is 1. The topological polar surface area (TPSA) is 68.2 Å². The predicted octanol–water partition coefficient (Wildman–Crippen LogP) is 4.72. The van der Waals surface area contributed by atoms with Crippen LogP contribution in [0.2, 0.25) is 0 Å². The Morgan fingerprint density at radius 3 is 2.28 bits per heavy atom. The van der Waals surface area contributed by atoms with Gasteiger partial charge in [-0.05, 0) is 54.4 Å². The van der Waals surface area contributed by atoms with E-state index in [4.69, 9.17) is 0 Å². The largest absolute Gasteiger partial charge is 0.348 e. The lowest BCUT2D eigenvalue weighted by atomic mass is 10.1. The summed E-state index contributed by atoms with van der Waals surface area (Å²) >= 11 is 0. The molecule has 32 heavy (non-hydrogen) atoms. The van der Waals surface area contributed by atoms with E-state index in [-0.39, 0.29) is 11.7 Å². The molecule has 0 unspecified atom stereocenters. The van der Waals surface area contributed by atoms with Gasteiger partial charge in [0.2, 0.25) is 0 Å². The van der Waals surface area contributed by atoms with Gasteiger partial charge in [0.25, 0.3) is 5.91 Å². The normalized spacial score (nSPS) is 11.6. The van der Waals surface area contributed by atoms with E-state index in [0.29, 0.717) is 17.0 Å². The zero-order chi connectivity index (χ0) is 22.7. The third-order valence-corrected chi connectivity index (χ3v) is 7.37. The van der Waals surface area contributed by atoms with E-state index in [1.165, 1.54) is 11.1 Å². The molecular formula is C26H26N2O3S. The third kappa shape index (κ3) is 4.75. The van der Waals surface area contributed by atoms with Crippen LogP contribution in [0, 0.1) is 6.92 Å². The van der Waals surface area contributed by atoms with Gasteiger partial charge in [0.05, 0.1) is 10.6 Å². The second-order valence-electron chi connectivity index (χ2n) is 7.93. The van der Waals surface area contributed by atoms with E-state index < -0.39 is 9.84 Å². The molecule has 1 amide bonds. The van der Waals surface area contributed by atoms with Crippen molar-refractivity contribution in [3.63, 3.8) is 0 Å². The molecular weight excluding hydrogens is 420 g/mol. The number of rotatable bonds is 7. The maximum atomic E-state index is 12.7. The second-order valence-corrected chi connectivity index (χ2v) is 10.2. The zero-order valence-corrected chi connectivity index (χ0v) is 19.0. The van der Waals surface area contributed by atoms with Crippen LogP contribution in [-0.4, -0.2) is 24.6 Å². The summed E-state index contributed by atoms with van der Waals surface area (Å²) in [7, 11) is -3.22. The zero-order valence-electron chi connectivity index (χ0n) is 18.2. The van der Waals surface area contributed by atoms with Crippen LogP contribution >= 0.6 is 0 Å². The minimum absolute atomic E-state index is 0.0678. The quantitative estimate of drug-likeness (QED) is 0.447. The Hall–Kier alpha value is -3.38. The Morgan fingerprint density at radius 2 is 1.59 bits per heavy atom. The number of amides is 1. The molecule has 0 bridgehead atoms. The molecule has 6 heteroatoms. The van der Waals surface area contributed by atoms with Crippen LogP contribution in [0.15, 0.2) is 83.9 Å². The summed E-state index contributed by atoms with van der Waals surface area (Å²) in [5, 5.41) is 3.92. The van der Waals surface area contributed by atoms with Crippen LogP contribution in [0.4, 0.5) is 0 Å². The highest BCUT2D eigenvalue weighted by Gasteiger charge is 2.12. The predicted molar refractivity (Wildman–Crippen MR) is 128 cm³/mol. The number of carbonyl (C=O) groups is 1. The molecule has 0 aliphatic rings. The Kier molecular flexibility index (Phi) is 6.15. The number of aromatic nitrogens is 1. The number of hydrogen-bond donors (Lipinski definition) is 1. The molecule has 5 nitrogen and oxygen atoms in total. The van der Waals surface area contributed by atoms with E-state index in [0.717, 1.165) is 23.0 Å². The Balaban J connectivity index is 1.43. The molecule has 1 heterocycles. The van der Waals surface area contributed by atoms with Crippen molar-refractivity contribution >= 4 is 26.6 Å². The molecule has 1 N–H and O–H groups in total. The van der Waals surface area contributed by atoms with Crippen molar-refractivity contribution in [2.75, 3.05) is 5.75 Å². The number of aryl methyl sites for hydroxylation is 1. The fourth-order valence-corrected chi connectivity index (χ4v) is 4.52. The van der Waals surface area contributed by atoms with Gasteiger partial charge in [-0.2, -0.15) is 0 Å². The van der Waals surface area contributed by atoms with Crippen LogP contribution in [0.3, 0.4) is 0 Å². The number of benzene rings is 3. The lowest BCUT2D eigenvalue weighted by Gasteiger charge is -2.09. The summed E-state index contributed by atoms with van der Waals surface area (Å²) in [6.45, 7) is 4.81. The highest BCUT2D eigenvalue weighted by atomic mass is 32.2. The summed E-state index contributed by atoms with van der Waals surface area (Å²) in [4.78, 5) is 13.0. The van der Waals surface area contributed by atoms with Crippen LogP contribution in [0.5, 0.6) is 0 Å². The summed E-state index contributed by atoms with van der Waals surface area (Å²) < 4.78 is 26.0. The van der Waals surface area contributed by atoms with Gasteiger partial charge in [-0.3, -0.25) is 4.79 Å². The number of carbonyl (C=O) groups excluding carboxylic acids is 1. The fourth-order valence-electron chi connectivity index (χ4n) is 3.64. The SMILES string of the molecule is CCS(=O)(=O)c1ccc(CNC(=O)c2ccc3c(ccn3Cc3ccc(C)cc3)c2)cc1. The van der Waals surface area contributed by atoms with Crippen molar-refractivity contribution < 1.29 is 13.2 Å². The van der Waals surface area contributed by atoms with Gasteiger partial charge in [-0.1, -0.05) is 48.9 Å². The molecule has 0 saturated carbocycles. The van der Waals surface area contributed by atoms with Gasteiger partial charge in [-0.25, -0.2) is 8.42 Å². The minimum Gasteiger partial charge on any atom is -0.348 e. The van der Waals surface area contributed by atoms with E-state index in [9.17, 15) is 13.2 Å². The molecule has 3 aromatic carbocycles. The number of fused-ring (bicyclic) bond motifs is 1. The van der Waals surface area contributed by atoms with E-state index in [1.54, 1.807) is 31.2 Å². The Bertz CT molecular complexity index is 1350. The van der Waals surface area contributed by atoms with Crippen LogP contribution < -0.4 is 5.32 Å². The number of hydrogen-bond acceptors (Lipinski definition) is 3. The molecule has 0 saturated heterocycles. The smallest absolute Gasteiger partial charge is 0.251 e. The van der Waals surface area contributed by atoms with Gasteiger partial charge in [0.1, 0.15) is 0 Å². The summed E-state index contributed by atoms with van der Waals surface area (Å²) in [5.41, 5.74) is 4.99. The molecule has 164 valence electrons. The van der Waals surface area contributed by atoms with Crippen molar-refractivity contribution in [2.45, 2.75) is 31.8 Å². The van der Waals surface area contributed by atoms with Gasteiger partial charge < -0.3 is 9.88 Å². The lowest BCUT2D eigenvalue weighted by molar-refractivity contribution is 0.0951. The molecule has 4 rings (SSSR count). The average molecular weight is 447 g/mol. The van der Waals surface area contributed by atoms with Crippen molar-refractivity contribution in [2.24, 2.45) is 0 Å². The monoisotopic (exact) mass is 446 g/mol. The van der Waals surface area contributed by atoms with E-state index >= 15 is 0 Å².